The Kier molecular flexibility index (Phi) is 3.66. The third kappa shape index (κ3) is 1.94. The van der Waals surface area contributed by atoms with E-state index in [-0.39, 0.29) is 19.5 Å². The van der Waals surface area contributed by atoms with Crippen LogP contribution in [0.3, 0.4) is 0 Å². The molecule has 4 heteroatoms. The van der Waals surface area contributed by atoms with E-state index < -0.39 is 0 Å². The minimum atomic E-state index is 0. The molecule has 0 saturated heterocycles. The molecular formula is C16H14NOSZn+. The Morgan fingerprint density at radius 2 is 1.85 bits per heavy atom. The summed E-state index contributed by atoms with van der Waals surface area (Å²) in [4.78, 5) is 1.36. The molecule has 2 aromatic rings. The molecule has 0 saturated carbocycles. The van der Waals surface area contributed by atoms with Crippen LogP contribution in [0.4, 0.5) is 5.69 Å². The summed E-state index contributed by atoms with van der Waals surface area (Å²) in [6.07, 6.45) is 0. The molecule has 96 valence electrons. The zero-order valence-corrected chi connectivity index (χ0v) is 15.1. The van der Waals surface area contributed by atoms with Crippen molar-refractivity contribution >= 4 is 17.4 Å². The van der Waals surface area contributed by atoms with E-state index in [4.69, 9.17) is 4.74 Å². The average Bonchev–Trinajstić information content (AvgIpc) is 2.65. The fraction of sp³-hybridized carbons (Fsp3) is 0.125. The van der Waals surface area contributed by atoms with Crippen LogP contribution in [0.15, 0.2) is 53.4 Å². The quantitative estimate of drug-likeness (QED) is 0.407. The maximum Gasteiger partial charge on any atom is 2.00 e. The first-order valence-electron chi connectivity index (χ1n) is 6.34. The predicted molar refractivity (Wildman–Crippen MR) is 78.4 cm³/mol. The van der Waals surface area contributed by atoms with Crippen molar-refractivity contribution < 1.29 is 24.2 Å². The van der Waals surface area contributed by atoms with Crippen molar-refractivity contribution in [3.8, 4) is 5.75 Å². The average molecular weight is 334 g/mol. The Balaban J connectivity index is 0.00000121. The van der Waals surface area contributed by atoms with Crippen molar-refractivity contribution in [1.82, 2.24) is 4.48 Å². The molecule has 0 aliphatic carbocycles. The monoisotopic (exact) mass is 332 g/mol. The minimum Gasteiger partial charge on any atom is -0.689 e. The van der Waals surface area contributed by atoms with E-state index in [1.54, 1.807) is 0 Å². The van der Waals surface area contributed by atoms with Gasteiger partial charge in [-0.15, -0.1) is 0 Å². The number of quaternary nitrogens is 1. The van der Waals surface area contributed by atoms with E-state index in [0.717, 1.165) is 10.2 Å². The number of hydrogen-bond donors (Lipinski definition) is 0. The summed E-state index contributed by atoms with van der Waals surface area (Å²) in [5.41, 5.74) is 2.60. The number of ether oxygens (including phenoxy) is 1. The van der Waals surface area contributed by atoms with Crippen molar-refractivity contribution in [2.45, 2.75) is 10.3 Å². The summed E-state index contributed by atoms with van der Waals surface area (Å²) in [7, 11) is 2.24. The molecule has 20 heavy (non-hydrogen) atoms. The predicted octanol–water partition coefficient (Wildman–Crippen LogP) is 4.14. The number of rotatable bonds is 0. The van der Waals surface area contributed by atoms with E-state index in [2.05, 4.69) is 50.0 Å². The van der Waals surface area contributed by atoms with Gasteiger partial charge in [0, 0.05) is 7.05 Å². The van der Waals surface area contributed by atoms with Crippen LogP contribution in [0.5, 0.6) is 5.75 Å². The van der Waals surface area contributed by atoms with Gasteiger partial charge in [-0.05, 0) is 24.3 Å². The molecule has 0 radical (unpaired) electrons. The normalized spacial score (nSPS) is 26.4. The number of likely N-dealkylation sites (N-methyl/N-ethyl adjacent to an activating group) is 1. The minimum absolute atomic E-state index is 0. The van der Waals surface area contributed by atoms with Crippen molar-refractivity contribution in [1.29, 1.82) is 0 Å². The van der Waals surface area contributed by atoms with Gasteiger partial charge in [-0.2, -0.15) is 0 Å². The van der Waals surface area contributed by atoms with E-state index in [1.807, 2.05) is 30.5 Å². The molecule has 2 unspecified atom stereocenters. The van der Waals surface area contributed by atoms with Gasteiger partial charge in [-0.3, -0.25) is 13.2 Å². The second-order valence-corrected chi connectivity index (χ2v) is 6.15. The Morgan fingerprint density at radius 1 is 1.10 bits per heavy atom. The first kappa shape index (κ1) is 14.1. The second kappa shape index (κ2) is 5.18. The first-order valence-corrected chi connectivity index (χ1v) is 7.22. The molecular weight excluding hydrogens is 320 g/mol. The van der Waals surface area contributed by atoms with Crippen LogP contribution in [0.1, 0.15) is 10.9 Å². The number of fused-ring (bicyclic) bond motifs is 5. The third-order valence-electron chi connectivity index (χ3n) is 3.86. The van der Waals surface area contributed by atoms with Crippen molar-refractivity contribution in [3.05, 3.63) is 67.2 Å². The summed E-state index contributed by atoms with van der Waals surface area (Å²) in [5.74, 6) is 0.964. The Hall–Kier alpha value is -0.827. The van der Waals surface area contributed by atoms with Crippen molar-refractivity contribution in [2.24, 2.45) is 0 Å². The van der Waals surface area contributed by atoms with Crippen molar-refractivity contribution in [3.63, 3.8) is 0 Å². The van der Waals surface area contributed by atoms with E-state index >= 15 is 0 Å². The molecule has 2 atom stereocenters. The van der Waals surface area contributed by atoms with Crippen LogP contribution < -0.4 is 9.22 Å². The fourth-order valence-corrected chi connectivity index (χ4v) is 4.35. The molecule has 2 aromatic carbocycles. The topological polar surface area (TPSA) is 9.23 Å². The van der Waals surface area contributed by atoms with Crippen LogP contribution in [-0.2, 0) is 19.5 Å². The summed E-state index contributed by atoms with van der Waals surface area (Å²) in [6.45, 7) is 3.96. The van der Waals surface area contributed by atoms with Gasteiger partial charge in [-0.25, -0.2) is 0 Å². The summed E-state index contributed by atoms with van der Waals surface area (Å²) < 4.78 is 6.52. The second-order valence-electron chi connectivity index (χ2n) is 5.03. The number of benzene rings is 2. The van der Waals surface area contributed by atoms with E-state index in [1.165, 1.54) is 16.1 Å². The summed E-state index contributed by atoms with van der Waals surface area (Å²) >= 11 is 1.92. The molecule has 4 rings (SSSR count). The molecule has 2 aliphatic rings. The molecule has 0 spiro atoms. The third-order valence-corrected chi connectivity index (χ3v) is 5.37. The van der Waals surface area contributed by atoms with Gasteiger partial charge in [0.2, 0.25) is 0 Å². The Bertz CT molecular complexity index is 648. The molecule has 0 fully saturated rings. The van der Waals surface area contributed by atoms with Crippen LogP contribution in [-0.4, -0.2) is 7.05 Å². The van der Waals surface area contributed by atoms with Gasteiger partial charge in [0.1, 0.15) is 11.1 Å². The largest absolute Gasteiger partial charge is 2.00 e. The standard InChI is InChI=1S/C16H14NOS.Zn/c1-17-10-11-18-14-8-4-2-6-12(14)16(17)19-15-9-5-3-7-13(15)17;/h2-11,16H,1H3;/q-1;+2. The molecule has 0 bridgehead atoms. The molecule has 2 aliphatic heterocycles. The Morgan fingerprint density at radius 3 is 2.75 bits per heavy atom. The van der Waals surface area contributed by atoms with Gasteiger partial charge in [0.25, 0.3) is 0 Å². The maximum absolute atomic E-state index is 5.76. The summed E-state index contributed by atoms with van der Waals surface area (Å²) in [6, 6.07) is 16.9. The van der Waals surface area contributed by atoms with Crippen LogP contribution >= 0.6 is 11.8 Å². The van der Waals surface area contributed by atoms with Gasteiger partial charge in [0.05, 0.1) is 16.2 Å². The van der Waals surface area contributed by atoms with Gasteiger partial charge in [-0.1, -0.05) is 36.0 Å². The van der Waals surface area contributed by atoms with Crippen molar-refractivity contribution in [2.75, 3.05) is 7.05 Å². The van der Waals surface area contributed by atoms with Gasteiger partial charge >= 0.3 is 19.5 Å². The number of para-hydroxylation sites is 2. The van der Waals surface area contributed by atoms with Gasteiger partial charge < -0.3 is 9.22 Å². The molecule has 0 aromatic heterocycles. The van der Waals surface area contributed by atoms with E-state index in [0.29, 0.717) is 5.37 Å². The Labute approximate surface area is 136 Å². The zero-order valence-electron chi connectivity index (χ0n) is 11.3. The molecule has 2 heterocycles. The molecule has 0 N–H and O–H groups in total. The number of nitrogens with zero attached hydrogens (tertiary/aromatic N) is 1. The van der Waals surface area contributed by atoms with Gasteiger partial charge in [0.15, 0.2) is 0 Å². The summed E-state index contributed by atoms with van der Waals surface area (Å²) in [5, 5.41) is 0.326. The van der Waals surface area contributed by atoms with Crippen LogP contribution in [0.2, 0.25) is 0 Å². The SMILES string of the molecule is C[N+]12[CH-][CH-]Oc3ccccc3C1Sc1ccccc12.[Zn+2]. The van der Waals surface area contributed by atoms with Crippen LogP contribution in [0.25, 0.3) is 0 Å². The van der Waals surface area contributed by atoms with Crippen LogP contribution in [0, 0.1) is 13.2 Å². The smallest absolute Gasteiger partial charge is 0.689 e. The molecule has 0 amide bonds. The maximum atomic E-state index is 5.76. The number of thioether (sulfide) groups is 1. The number of hydrogen-bond acceptors (Lipinski definition) is 2. The van der Waals surface area contributed by atoms with E-state index in [9.17, 15) is 0 Å². The first-order chi connectivity index (χ1) is 9.29. The zero-order chi connectivity index (χ0) is 12.9. The fourth-order valence-electron chi connectivity index (χ4n) is 2.84. The molecule has 2 nitrogen and oxygen atoms in total.